The first kappa shape index (κ1) is 17.2. The molecule has 0 unspecified atom stereocenters. The van der Waals surface area contributed by atoms with Crippen LogP contribution in [0.1, 0.15) is 10.4 Å². The van der Waals surface area contributed by atoms with E-state index in [1.165, 1.54) is 7.11 Å². The third-order valence-corrected chi connectivity index (χ3v) is 3.56. The maximum absolute atomic E-state index is 11.6. The van der Waals surface area contributed by atoms with Crippen LogP contribution in [0, 0.1) is 0 Å². The van der Waals surface area contributed by atoms with Gasteiger partial charge in [-0.15, -0.1) is 0 Å². The van der Waals surface area contributed by atoms with Crippen molar-refractivity contribution < 1.29 is 14.3 Å². The lowest BCUT2D eigenvalue weighted by molar-refractivity contribution is 0.0601. The average Bonchev–Trinajstić information content (AvgIpc) is 2.68. The van der Waals surface area contributed by atoms with E-state index in [0.29, 0.717) is 23.0 Å². The van der Waals surface area contributed by atoms with Gasteiger partial charge in [0.2, 0.25) is 5.95 Å². The van der Waals surface area contributed by atoms with Gasteiger partial charge in [-0.2, -0.15) is 4.98 Å². The highest BCUT2D eigenvalue weighted by molar-refractivity contribution is 5.90. The summed E-state index contributed by atoms with van der Waals surface area (Å²) in [5.41, 5.74) is 2.02. The van der Waals surface area contributed by atoms with E-state index in [-0.39, 0.29) is 0 Å². The van der Waals surface area contributed by atoms with Crippen molar-refractivity contribution in [2.75, 3.05) is 24.9 Å². The Morgan fingerprint density at radius 2 is 1.77 bits per heavy atom. The lowest BCUT2D eigenvalue weighted by Crippen LogP contribution is -2.03. The monoisotopic (exact) mass is 350 g/mol. The molecular formula is C19H18N4O3. The van der Waals surface area contributed by atoms with E-state index >= 15 is 0 Å². The van der Waals surface area contributed by atoms with Crippen molar-refractivity contribution in [1.29, 1.82) is 0 Å². The fraction of sp³-hybridized carbons (Fsp3) is 0.105. The Bertz CT molecular complexity index is 897. The number of nitrogens with zero attached hydrogens (tertiary/aromatic N) is 2. The molecule has 0 aliphatic rings. The van der Waals surface area contributed by atoms with E-state index in [1.807, 2.05) is 30.3 Å². The minimum Gasteiger partial charge on any atom is -0.497 e. The molecule has 2 N–H and O–H groups in total. The third kappa shape index (κ3) is 4.27. The van der Waals surface area contributed by atoms with Gasteiger partial charge in [-0.05, 0) is 48.5 Å². The quantitative estimate of drug-likeness (QED) is 0.655. The zero-order valence-corrected chi connectivity index (χ0v) is 14.4. The zero-order valence-electron chi connectivity index (χ0n) is 14.4. The van der Waals surface area contributed by atoms with Gasteiger partial charge in [0.1, 0.15) is 11.6 Å². The van der Waals surface area contributed by atoms with Gasteiger partial charge in [-0.3, -0.25) is 0 Å². The van der Waals surface area contributed by atoms with Crippen molar-refractivity contribution in [3.63, 3.8) is 0 Å². The van der Waals surface area contributed by atoms with Gasteiger partial charge < -0.3 is 20.1 Å². The molecule has 7 nitrogen and oxygen atoms in total. The van der Waals surface area contributed by atoms with E-state index in [2.05, 4.69) is 20.6 Å². The number of rotatable bonds is 6. The molecule has 0 atom stereocenters. The molecule has 0 saturated carbocycles. The summed E-state index contributed by atoms with van der Waals surface area (Å²) >= 11 is 0. The lowest BCUT2D eigenvalue weighted by atomic mass is 10.2. The molecule has 0 aliphatic heterocycles. The predicted octanol–water partition coefficient (Wildman–Crippen LogP) is 3.76. The Morgan fingerprint density at radius 3 is 2.50 bits per heavy atom. The normalized spacial score (nSPS) is 10.1. The summed E-state index contributed by atoms with van der Waals surface area (Å²) in [6.07, 6.45) is 1.64. The summed E-state index contributed by atoms with van der Waals surface area (Å²) in [5, 5.41) is 6.28. The molecule has 0 fully saturated rings. The molecule has 132 valence electrons. The van der Waals surface area contributed by atoms with Crippen LogP contribution in [0.2, 0.25) is 0 Å². The summed E-state index contributed by atoms with van der Waals surface area (Å²) in [6, 6.07) is 16.2. The van der Waals surface area contributed by atoms with Crippen LogP contribution in [0.4, 0.5) is 23.1 Å². The van der Waals surface area contributed by atoms with Gasteiger partial charge >= 0.3 is 5.97 Å². The van der Waals surface area contributed by atoms with Crippen LogP contribution in [-0.4, -0.2) is 30.2 Å². The van der Waals surface area contributed by atoms with Crippen LogP contribution in [0.3, 0.4) is 0 Å². The van der Waals surface area contributed by atoms with Crippen LogP contribution >= 0.6 is 0 Å². The first-order valence-electron chi connectivity index (χ1n) is 7.87. The first-order valence-corrected chi connectivity index (χ1v) is 7.87. The third-order valence-electron chi connectivity index (χ3n) is 3.56. The number of carbonyl (C=O) groups excluding carboxylic acids is 1. The predicted molar refractivity (Wildman–Crippen MR) is 99.4 cm³/mol. The summed E-state index contributed by atoms with van der Waals surface area (Å²) in [7, 11) is 2.97. The van der Waals surface area contributed by atoms with Gasteiger partial charge in [-0.25, -0.2) is 9.78 Å². The van der Waals surface area contributed by atoms with Crippen molar-refractivity contribution in [1.82, 2.24) is 9.97 Å². The number of nitrogens with one attached hydrogen (secondary N) is 2. The SMILES string of the molecule is COC(=O)c1cccc(Nc2nccc(Nc3ccc(OC)cc3)n2)c1. The Balaban J connectivity index is 1.73. The highest BCUT2D eigenvalue weighted by Gasteiger charge is 2.07. The second kappa shape index (κ2) is 7.98. The fourth-order valence-corrected chi connectivity index (χ4v) is 2.28. The van der Waals surface area contributed by atoms with Crippen molar-refractivity contribution in [2.24, 2.45) is 0 Å². The number of benzene rings is 2. The summed E-state index contributed by atoms with van der Waals surface area (Å²) in [6.45, 7) is 0. The summed E-state index contributed by atoms with van der Waals surface area (Å²) < 4.78 is 9.87. The van der Waals surface area contributed by atoms with Gasteiger partial charge in [0.05, 0.1) is 19.8 Å². The zero-order chi connectivity index (χ0) is 18.4. The first-order chi connectivity index (χ1) is 12.7. The minimum atomic E-state index is -0.399. The maximum atomic E-state index is 11.6. The molecule has 3 rings (SSSR count). The smallest absolute Gasteiger partial charge is 0.337 e. The number of aromatic nitrogens is 2. The standard InChI is InChI=1S/C19H18N4O3/c1-25-16-8-6-14(7-9-16)21-17-10-11-20-19(23-17)22-15-5-3-4-13(12-15)18(24)26-2/h3-12H,1-2H3,(H2,20,21,22,23). The number of ether oxygens (including phenoxy) is 2. The fourth-order valence-electron chi connectivity index (χ4n) is 2.28. The molecule has 0 radical (unpaired) electrons. The molecule has 0 saturated heterocycles. The Labute approximate surface area is 151 Å². The maximum Gasteiger partial charge on any atom is 0.337 e. The van der Waals surface area contributed by atoms with E-state index in [1.54, 1.807) is 37.6 Å². The molecule has 0 spiro atoms. The number of hydrogen-bond donors (Lipinski definition) is 2. The Hall–Kier alpha value is -3.61. The molecular weight excluding hydrogens is 332 g/mol. The van der Waals surface area contributed by atoms with E-state index in [4.69, 9.17) is 9.47 Å². The molecule has 26 heavy (non-hydrogen) atoms. The van der Waals surface area contributed by atoms with E-state index in [9.17, 15) is 4.79 Å². The van der Waals surface area contributed by atoms with Crippen molar-refractivity contribution >= 4 is 29.1 Å². The Kier molecular flexibility index (Phi) is 5.28. The van der Waals surface area contributed by atoms with Crippen LogP contribution in [0.15, 0.2) is 60.8 Å². The topological polar surface area (TPSA) is 85.4 Å². The number of methoxy groups -OCH3 is 2. The summed E-state index contributed by atoms with van der Waals surface area (Å²) in [5.74, 6) is 1.43. The average molecular weight is 350 g/mol. The molecule has 0 bridgehead atoms. The molecule has 0 amide bonds. The molecule has 2 aromatic carbocycles. The largest absolute Gasteiger partial charge is 0.497 e. The molecule has 0 aliphatic carbocycles. The molecule has 1 heterocycles. The number of esters is 1. The van der Waals surface area contributed by atoms with Gasteiger partial charge in [0.15, 0.2) is 0 Å². The molecule has 7 heteroatoms. The second-order valence-corrected chi connectivity index (χ2v) is 5.32. The van der Waals surface area contributed by atoms with Crippen molar-refractivity contribution in [3.8, 4) is 5.75 Å². The summed E-state index contributed by atoms with van der Waals surface area (Å²) in [4.78, 5) is 20.2. The van der Waals surface area contributed by atoms with Crippen LogP contribution in [0.5, 0.6) is 5.75 Å². The van der Waals surface area contributed by atoms with Crippen LogP contribution in [-0.2, 0) is 4.74 Å². The van der Waals surface area contributed by atoms with E-state index in [0.717, 1.165) is 11.4 Å². The molecule has 1 aromatic heterocycles. The van der Waals surface area contributed by atoms with Crippen molar-refractivity contribution in [2.45, 2.75) is 0 Å². The lowest BCUT2D eigenvalue weighted by Gasteiger charge is -2.09. The second-order valence-electron chi connectivity index (χ2n) is 5.32. The Morgan fingerprint density at radius 1 is 0.962 bits per heavy atom. The van der Waals surface area contributed by atoms with E-state index < -0.39 is 5.97 Å². The number of carbonyl (C=O) groups is 1. The van der Waals surface area contributed by atoms with Crippen LogP contribution < -0.4 is 15.4 Å². The minimum absolute atomic E-state index is 0.399. The number of anilines is 4. The highest BCUT2D eigenvalue weighted by atomic mass is 16.5. The van der Waals surface area contributed by atoms with Crippen LogP contribution in [0.25, 0.3) is 0 Å². The van der Waals surface area contributed by atoms with Crippen molar-refractivity contribution in [3.05, 3.63) is 66.4 Å². The van der Waals surface area contributed by atoms with Gasteiger partial charge in [0, 0.05) is 17.6 Å². The highest BCUT2D eigenvalue weighted by Crippen LogP contribution is 2.20. The van der Waals surface area contributed by atoms with Gasteiger partial charge in [-0.1, -0.05) is 6.07 Å². The molecule has 3 aromatic rings. The van der Waals surface area contributed by atoms with Gasteiger partial charge in [0.25, 0.3) is 0 Å². The number of hydrogen-bond acceptors (Lipinski definition) is 7.